The van der Waals surface area contributed by atoms with Crippen molar-refractivity contribution in [1.82, 2.24) is 5.32 Å². The van der Waals surface area contributed by atoms with Crippen LogP contribution in [0.5, 0.6) is 0 Å². The Morgan fingerprint density at radius 1 is 0.842 bits per heavy atom. The van der Waals surface area contributed by atoms with Crippen LogP contribution >= 0.6 is 11.6 Å². The minimum atomic E-state index is 0.536. The first-order chi connectivity index (χ1) is 9.34. The van der Waals surface area contributed by atoms with Gasteiger partial charge in [0.25, 0.3) is 0 Å². The van der Waals surface area contributed by atoms with Crippen molar-refractivity contribution in [2.75, 3.05) is 13.1 Å². The van der Waals surface area contributed by atoms with E-state index < -0.39 is 0 Å². The van der Waals surface area contributed by atoms with Crippen LogP contribution in [0.2, 0.25) is 5.02 Å². The average Bonchev–Trinajstić information content (AvgIpc) is 2.49. The molecule has 19 heavy (non-hydrogen) atoms. The zero-order chi connectivity index (χ0) is 13.1. The van der Waals surface area contributed by atoms with Gasteiger partial charge >= 0.3 is 0 Å². The molecule has 0 bridgehead atoms. The minimum absolute atomic E-state index is 0.536. The maximum atomic E-state index is 5.99. The van der Waals surface area contributed by atoms with Crippen molar-refractivity contribution in [3.63, 3.8) is 0 Å². The van der Waals surface area contributed by atoms with Gasteiger partial charge in [-0.05, 0) is 42.1 Å². The Kier molecular flexibility index (Phi) is 3.86. The van der Waals surface area contributed by atoms with Crippen LogP contribution in [0.15, 0.2) is 54.6 Å². The van der Waals surface area contributed by atoms with E-state index in [0.29, 0.717) is 11.8 Å². The van der Waals surface area contributed by atoms with Crippen molar-refractivity contribution < 1.29 is 0 Å². The quantitative estimate of drug-likeness (QED) is 0.863. The van der Waals surface area contributed by atoms with E-state index in [1.54, 1.807) is 0 Å². The van der Waals surface area contributed by atoms with Gasteiger partial charge in [0, 0.05) is 17.5 Å². The summed E-state index contributed by atoms with van der Waals surface area (Å²) in [5, 5.41) is 4.32. The molecule has 0 amide bonds. The molecule has 0 spiro atoms. The summed E-state index contributed by atoms with van der Waals surface area (Å²) in [5.41, 5.74) is 2.83. The van der Waals surface area contributed by atoms with E-state index >= 15 is 0 Å². The number of rotatable bonds is 2. The molecule has 1 aliphatic heterocycles. The Labute approximate surface area is 119 Å². The van der Waals surface area contributed by atoms with Crippen LogP contribution in [0.4, 0.5) is 0 Å². The van der Waals surface area contributed by atoms with Crippen molar-refractivity contribution in [2.45, 2.75) is 18.3 Å². The summed E-state index contributed by atoms with van der Waals surface area (Å²) >= 11 is 5.99. The molecule has 1 N–H and O–H groups in total. The fourth-order valence-electron chi connectivity index (χ4n) is 3.02. The van der Waals surface area contributed by atoms with E-state index in [0.717, 1.165) is 18.1 Å². The standard InChI is InChI=1S/C17H18ClN/c18-15-8-6-14(7-9-15)17-12-19-11-10-16(17)13-4-2-1-3-5-13/h1-9,16-17,19H,10-12H2/t16-,17-/m0/s1. The second kappa shape index (κ2) is 5.77. The largest absolute Gasteiger partial charge is 0.316 e. The lowest BCUT2D eigenvalue weighted by Crippen LogP contribution is -2.33. The SMILES string of the molecule is Clc1ccc([C@@H]2CNCC[C@H]2c2ccccc2)cc1. The van der Waals surface area contributed by atoms with E-state index in [9.17, 15) is 0 Å². The molecule has 2 aromatic rings. The maximum absolute atomic E-state index is 5.99. The number of piperidine rings is 1. The smallest absolute Gasteiger partial charge is 0.0406 e. The molecule has 2 heteroatoms. The third-order valence-electron chi connectivity index (χ3n) is 4.01. The van der Waals surface area contributed by atoms with Gasteiger partial charge in [0.15, 0.2) is 0 Å². The van der Waals surface area contributed by atoms with Gasteiger partial charge in [-0.25, -0.2) is 0 Å². The predicted octanol–water partition coefficient (Wildman–Crippen LogP) is 4.20. The highest BCUT2D eigenvalue weighted by Gasteiger charge is 2.27. The third-order valence-corrected chi connectivity index (χ3v) is 4.26. The topological polar surface area (TPSA) is 12.0 Å². The van der Waals surface area contributed by atoms with E-state index in [4.69, 9.17) is 11.6 Å². The molecule has 1 heterocycles. The van der Waals surface area contributed by atoms with Gasteiger partial charge in [-0.2, -0.15) is 0 Å². The first kappa shape index (κ1) is 12.7. The lowest BCUT2D eigenvalue weighted by atomic mass is 9.77. The number of hydrogen-bond acceptors (Lipinski definition) is 1. The lowest BCUT2D eigenvalue weighted by Gasteiger charge is -2.33. The number of hydrogen-bond donors (Lipinski definition) is 1. The Morgan fingerprint density at radius 3 is 2.26 bits per heavy atom. The van der Waals surface area contributed by atoms with Crippen LogP contribution in [0.1, 0.15) is 29.4 Å². The van der Waals surface area contributed by atoms with Crippen LogP contribution in [0.25, 0.3) is 0 Å². The van der Waals surface area contributed by atoms with Gasteiger partial charge < -0.3 is 5.32 Å². The second-order valence-electron chi connectivity index (χ2n) is 5.17. The summed E-state index contributed by atoms with van der Waals surface area (Å²) in [6.07, 6.45) is 1.19. The monoisotopic (exact) mass is 271 g/mol. The zero-order valence-electron chi connectivity index (χ0n) is 10.9. The van der Waals surface area contributed by atoms with Gasteiger partial charge in [0.05, 0.1) is 0 Å². The van der Waals surface area contributed by atoms with Crippen molar-refractivity contribution in [1.29, 1.82) is 0 Å². The molecule has 0 aromatic heterocycles. The lowest BCUT2D eigenvalue weighted by molar-refractivity contribution is 0.404. The zero-order valence-corrected chi connectivity index (χ0v) is 11.6. The molecular weight excluding hydrogens is 254 g/mol. The number of nitrogens with one attached hydrogen (secondary N) is 1. The molecular formula is C17H18ClN. The molecule has 2 atom stereocenters. The molecule has 2 aromatic carbocycles. The van der Waals surface area contributed by atoms with E-state index in [1.165, 1.54) is 17.5 Å². The first-order valence-corrected chi connectivity index (χ1v) is 7.23. The predicted molar refractivity (Wildman–Crippen MR) is 80.9 cm³/mol. The van der Waals surface area contributed by atoms with Crippen LogP contribution < -0.4 is 5.32 Å². The van der Waals surface area contributed by atoms with Gasteiger partial charge in [-0.3, -0.25) is 0 Å². The molecule has 0 aliphatic carbocycles. The first-order valence-electron chi connectivity index (χ1n) is 6.86. The molecule has 0 radical (unpaired) electrons. The van der Waals surface area contributed by atoms with Crippen LogP contribution in [-0.2, 0) is 0 Å². The summed E-state index contributed by atoms with van der Waals surface area (Å²) in [7, 11) is 0. The molecule has 1 saturated heterocycles. The Balaban J connectivity index is 1.91. The van der Waals surface area contributed by atoms with Crippen molar-refractivity contribution in [3.05, 3.63) is 70.7 Å². The summed E-state index contributed by atoms with van der Waals surface area (Å²) in [5.74, 6) is 1.14. The average molecular weight is 272 g/mol. The van der Waals surface area contributed by atoms with E-state index in [-0.39, 0.29) is 0 Å². The van der Waals surface area contributed by atoms with Crippen LogP contribution in [0.3, 0.4) is 0 Å². The Hall–Kier alpha value is -1.31. The summed E-state index contributed by atoms with van der Waals surface area (Å²) < 4.78 is 0. The fraction of sp³-hybridized carbons (Fsp3) is 0.294. The van der Waals surface area contributed by atoms with Gasteiger partial charge in [-0.1, -0.05) is 54.1 Å². The van der Waals surface area contributed by atoms with E-state index in [2.05, 4.69) is 47.8 Å². The Bertz CT molecular complexity index is 521. The van der Waals surface area contributed by atoms with Gasteiger partial charge in [-0.15, -0.1) is 0 Å². The van der Waals surface area contributed by atoms with Crippen molar-refractivity contribution in [2.24, 2.45) is 0 Å². The van der Waals surface area contributed by atoms with Gasteiger partial charge in [0.1, 0.15) is 0 Å². The van der Waals surface area contributed by atoms with Crippen molar-refractivity contribution in [3.8, 4) is 0 Å². The molecule has 1 aliphatic rings. The highest BCUT2D eigenvalue weighted by atomic mass is 35.5. The summed E-state index contributed by atoms with van der Waals surface area (Å²) in [6, 6.07) is 19.2. The highest BCUT2D eigenvalue weighted by molar-refractivity contribution is 6.30. The number of halogens is 1. The summed E-state index contributed by atoms with van der Waals surface area (Å²) in [4.78, 5) is 0. The van der Waals surface area contributed by atoms with Crippen molar-refractivity contribution >= 4 is 11.6 Å². The highest BCUT2D eigenvalue weighted by Crippen LogP contribution is 2.37. The normalized spacial score (nSPS) is 23.2. The van der Waals surface area contributed by atoms with E-state index in [1.807, 2.05) is 12.1 Å². The minimum Gasteiger partial charge on any atom is -0.316 e. The Morgan fingerprint density at radius 2 is 1.53 bits per heavy atom. The second-order valence-corrected chi connectivity index (χ2v) is 5.60. The molecule has 98 valence electrons. The molecule has 1 nitrogen and oxygen atoms in total. The third kappa shape index (κ3) is 2.83. The van der Waals surface area contributed by atoms with Gasteiger partial charge in [0.2, 0.25) is 0 Å². The molecule has 0 unspecified atom stereocenters. The molecule has 3 rings (SSSR count). The van der Waals surface area contributed by atoms with Crippen LogP contribution in [0, 0.1) is 0 Å². The summed E-state index contributed by atoms with van der Waals surface area (Å²) in [6.45, 7) is 2.14. The fourth-order valence-corrected chi connectivity index (χ4v) is 3.14. The van der Waals surface area contributed by atoms with Crippen LogP contribution in [-0.4, -0.2) is 13.1 Å². The molecule has 1 fully saturated rings. The molecule has 0 saturated carbocycles. The number of benzene rings is 2. The maximum Gasteiger partial charge on any atom is 0.0406 e.